The van der Waals surface area contributed by atoms with Gasteiger partial charge in [0.1, 0.15) is 6.10 Å². The van der Waals surface area contributed by atoms with E-state index in [2.05, 4.69) is 69.3 Å². The van der Waals surface area contributed by atoms with E-state index in [4.69, 9.17) is 13.9 Å². The summed E-state index contributed by atoms with van der Waals surface area (Å²) in [4.78, 5) is 0. The van der Waals surface area contributed by atoms with Crippen LogP contribution in [0.3, 0.4) is 0 Å². The molecule has 0 aliphatic carbocycles. The molecule has 0 aromatic heterocycles. The molecule has 4 nitrogen and oxygen atoms in total. The van der Waals surface area contributed by atoms with Crippen LogP contribution in [0.25, 0.3) is 0 Å². The van der Waals surface area contributed by atoms with Gasteiger partial charge in [-0.3, -0.25) is 0 Å². The summed E-state index contributed by atoms with van der Waals surface area (Å²) in [6.45, 7) is 10.6. The van der Waals surface area contributed by atoms with Gasteiger partial charge in [-0.2, -0.15) is 0 Å². The maximum absolute atomic E-state index is 11.0. The van der Waals surface area contributed by atoms with Crippen molar-refractivity contribution in [1.82, 2.24) is 0 Å². The second kappa shape index (κ2) is 8.32. The molecule has 1 aliphatic rings. The first-order chi connectivity index (χ1) is 13.6. The molecule has 3 rings (SSSR count). The van der Waals surface area contributed by atoms with Crippen molar-refractivity contribution in [3.63, 3.8) is 0 Å². The first-order valence-electron chi connectivity index (χ1n) is 10.3. The van der Waals surface area contributed by atoms with Gasteiger partial charge in [-0.05, 0) is 29.3 Å². The van der Waals surface area contributed by atoms with E-state index in [9.17, 15) is 5.11 Å². The topological polar surface area (TPSA) is 47.9 Å². The number of hydrogen-bond donors (Lipinski definition) is 1. The first kappa shape index (κ1) is 22.2. The Labute approximate surface area is 176 Å². The summed E-state index contributed by atoms with van der Waals surface area (Å²) in [6, 6.07) is 21.0. The first-order valence-corrected chi connectivity index (χ1v) is 12.2. The number of rotatable bonds is 6. The molecular formula is C24H34O4Si. The smallest absolute Gasteiger partial charge is 0.261 e. The molecule has 2 aromatic carbocycles. The van der Waals surface area contributed by atoms with Gasteiger partial charge in [0.2, 0.25) is 0 Å². The normalized spacial score (nSPS) is 26.4. The predicted molar refractivity (Wildman–Crippen MR) is 119 cm³/mol. The van der Waals surface area contributed by atoms with Crippen molar-refractivity contribution in [3.8, 4) is 0 Å². The van der Waals surface area contributed by atoms with Crippen LogP contribution < -0.4 is 10.4 Å². The molecule has 5 heteroatoms. The molecule has 0 radical (unpaired) electrons. The lowest BCUT2D eigenvalue weighted by Gasteiger charge is -2.46. The molecule has 4 atom stereocenters. The largest absolute Gasteiger partial charge is 0.402 e. The second-order valence-electron chi connectivity index (χ2n) is 9.27. The summed E-state index contributed by atoms with van der Waals surface area (Å²) < 4.78 is 18.5. The third-order valence-electron chi connectivity index (χ3n) is 5.96. The Kier molecular flexibility index (Phi) is 6.37. The van der Waals surface area contributed by atoms with E-state index in [1.807, 2.05) is 26.0 Å². The summed E-state index contributed by atoms with van der Waals surface area (Å²) in [6.07, 6.45) is -0.756. The molecule has 1 fully saturated rings. The van der Waals surface area contributed by atoms with Gasteiger partial charge in [-0.1, -0.05) is 81.4 Å². The van der Waals surface area contributed by atoms with E-state index >= 15 is 0 Å². The van der Waals surface area contributed by atoms with Gasteiger partial charge in [0.05, 0.1) is 11.7 Å². The van der Waals surface area contributed by atoms with Crippen LogP contribution in [0.1, 0.15) is 41.0 Å². The zero-order valence-electron chi connectivity index (χ0n) is 18.4. The lowest BCUT2D eigenvalue weighted by Crippen LogP contribution is -2.68. The zero-order chi connectivity index (χ0) is 21.3. The Balaban J connectivity index is 2.09. The van der Waals surface area contributed by atoms with E-state index in [1.165, 1.54) is 10.4 Å². The van der Waals surface area contributed by atoms with Crippen molar-refractivity contribution >= 4 is 18.7 Å². The maximum atomic E-state index is 11.0. The van der Waals surface area contributed by atoms with Crippen molar-refractivity contribution in [2.75, 3.05) is 7.11 Å². The maximum Gasteiger partial charge on any atom is 0.261 e. The molecule has 0 saturated carbocycles. The molecule has 1 saturated heterocycles. The lowest BCUT2D eigenvalue weighted by atomic mass is 9.95. The van der Waals surface area contributed by atoms with Crippen molar-refractivity contribution in [3.05, 3.63) is 60.7 Å². The molecule has 158 valence electrons. The van der Waals surface area contributed by atoms with Gasteiger partial charge in [-0.25, -0.2) is 0 Å². The molecule has 0 unspecified atom stereocenters. The Morgan fingerprint density at radius 2 is 1.52 bits per heavy atom. The molecule has 1 heterocycles. The van der Waals surface area contributed by atoms with Gasteiger partial charge >= 0.3 is 0 Å². The van der Waals surface area contributed by atoms with Crippen molar-refractivity contribution in [1.29, 1.82) is 0 Å². The quantitative estimate of drug-likeness (QED) is 0.736. The Hall–Kier alpha value is -1.50. The molecule has 0 amide bonds. The SMILES string of the molecule is CO[C@@H]1C[C@@](C)(O)[C@@H]([C@@H](C)O[Si](c2ccccc2)(c2ccccc2)C(C)(C)C)O1. The average molecular weight is 415 g/mol. The van der Waals surface area contributed by atoms with Crippen LogP contribution in [0.4, 0.5) is 0 Å². The van der Waals surface area contributed by atoms with E-state index < -0.39 is 26.3 Å². The predicted octanol–water partition coefficient (Wildman–Crippen LogP) is 3.46. The van der Waals surface area contributed by atoms with Crippen molar-refractivity contribution in [2.45, 2.75) is 70.2 Å². The molecule has 1 aliphatic heterocycles. The van der Waals surface area contributed by atoms with E-state index in [0.717, 1.165) is 0 Å². The van der Waals surface area contributed by atoms with Crippen LogP contribution in [0.2, 0.25) is 5.04 Å². The number of benzene rings is 2. The fourth-order valence-electron chi connectivity index (χ4n) is 4.60. The minimum absolute atomic E-state index is 0.130. The van der Waals surface area contributed by atoms with Crippen LogP contribution >= 0.6 is 0 Å². The van der Waals surface area contributed by atoms with Crippen molar-refractivity contribution in [2.24, 2.45) is 0 Å². The van der Waals surface area contributed by atoms with Crippen LogP contribution in [0.15, 0.2) is 60.7 Å². The van der Waals surface area contributed by atoms with Gasteiger partial charge in [0, 0.05) is 13.5 Å². The number of hydrogen-bond acceptors (Lipinski definition) is 4. The van der Waals surface area contributed by atoms with Gasteiger partial charge < -0.3 is 19.0 Å². The third kappa shape index (κ3) is 4.20. The number of aliphatic hydroxyl groups is 1. The average Bonchev–Trinajstić information content (AvgIpc) is 3.01. The van der Waals surface area contributed by atoms with E-state index in [0.29, 0.717) is 6.42 Å². The summed E-state index contributed by atoms with van der Waals surface area (Å²) >= 11 is 0. The minimum Gasteiger partial charge on any atom is -0.402 e. The number of ether oxygens (including phenoxy) is 2. The van der Waals surface area contributed by atoms with Crippen LogP contribution in [0.5, 0.6) is 0 Å². The Morgan fingerprint density at radius 1 is 1.03 bits per heavy atom. The summed E-state index contributed by atoms with van der Waals surface area (Å²) in [5.74, 6) is 0. The molecular weight excluding hydrogens is 380 g/mol. The van der Waals surface area contributed by atoms with Gasteiger partial charge in [-0.15, -0.1) is 0 Å². The van der Waals surface area contributed by atoms with Gasteiger partial charge in [0.15, 0.2) is 6.29 Å². The highest BCUT2D eigenvalue weighted by atomic mass is 28.4. The third-order valence-corrected chi connectivity index (χ3v) is 11.1. The second-order valence-corrected chi connectivity index (χ2v) is 13.5. The van der Waals surface area contributed by atoms with Gasteiger partial charge in [0.25, 0.3) is 8.32 Å². The standard InChI is InChI=1S/C24H34O4Si/c1-18(22-24(5,25)17-21(26-6)27-22)28-29(23(2,3)4,19-13-9-7-10-14-19)20-15-11-8-12-16-20/h7-16,18,21-22,25H,17H2,1-6H3/t18-,21+,22-,24-/m1/s1. The fourth-order valence-corrected chi connectivity index (χ4v) is 9.29. The lowest BCUT2D eigenvalue weighted by molar-refractivity contribution is -0.147. The van der Waals surface area contributed by atoms with Crippen molar-refractivity contribution < 1.29 is 19.0 Å². The molecule has 2 aromatic rings. The highest BCUT2D eigenvalue weighted by molar-refractivity contribution is 6.99. The fraction of sp³-hybridized carbons (Fsp3) is 0.500. The van der Waals surface area contributed by atoms with E-state index in [-0.39, 0.29) is 11.1 Å². The molecule has 0 bridgehead atoms. The zero-order valence-corrected chi connectivity index (χ0v) is 19.4. The van der Waals surface area contributed by atoms with E-state index in [1.54, 1.807) is 7.11 Å². The molecule has 0 spiro atoms. The summed E-state index contributed by atoms with van der Waals surface area (Å²) in [7, 11) is -1.10. The molecule has 29 heavy (non-hydrogen) atoms. The monoisotopic (exact) mass is 414 g/mol. The Morgan fingerprint density at radius 3 is 1.90 bits per heavy atom. The molecule has 1 N–H and O–H groups in total. The number of methoxy groups -OCH3 is 1. The Bertz CT molecular complexity index is 746. The highest BCUT2D eigenvalue weighted by Gasteiger charge is 2.54. The van der Waals surface area contributed by atoms with Crippen LogP contribution in [-0.4, -0.2) is 44.6 Å². The minimum atomic E-state index is -2.71. The van der Waals surface area contributed by atoms with Crippen LogP contribution in [0, 0.1) is 0 Å². The summed E-state index contributed by atoms with van der Waals surface area (Å²) in [5, 5.41) is 13.3. The summed E-state index contributed by atoms with van der Waals surface area (Å²) in [5.41, 5.74) is -1.01. The highest BCUT2D eigenvalue weighted by Crippen LogP contribution is 2.40. The van der Waals surface area contributed by atoms with Crippen LogP contribution in [-0.2, 0) is 13.9 Å².